The van der Waals surface area contributed by atoms with Gasteiger partial charge in [-0.25, -0.2) is 13.8 Å². The first-order valence-electron chi connectivity index (χ1n) is 12.8. The molecule has 5 heterocycles. The maximum Gasteiger partial charge on any atom is 0.319 e. The van der Waals surface area contributed by atoms with Crippen LogP contribution in [0, 0.1) is 11.6 Å². The number of halogens is 3. The Kier molecular flexibility index (Phi) is 5.80. The third-order valence-corrected chi connectivity index (χ3v) is 9.27. The lowest BCUT2D eigenvalue weighted by Gasteiger charge is -2.45. The molecule has 4 aromatic rings. The number of thiazole rings is 1. The maximum atomic E-state index is 16.4. The molecular formula is C26H26ClF2N7OS. The second-order valence-electron chi connectivity index (χ2n) is 10.3. The van der Waals surface area contributed by atoms with Gasteiger partial charge in [0.25, 0.3) is 0 Å². The molecule has 0 aliphatic carbocycles. The molecule has 3 atom stereocenters. The summed E-state index contributed by atoms with van der Waals surface area (Å²) in [7, 11) is 2.07. The third-order valence-electron chi connectivity index (χ3n) is 8.08. The SMILES string of the molecule is CN1CCC[C@H]1COc1nc(N2C[C@H]3NCCC32)c2cc(Cl)c(-c3ccc(F)c4sc(N)nc34)c(F)c2n1. The molecular weight excluding hydrogens is 532 g/mol. The lowest BCUT2D eigenvalue weighted by molar-refractivity contribution is 0.188. The molecule has 0 radical (unpaired) electrons. The van der Waals surface area contributed by atoms with Gasteiger partial charge in [-0.15, -0.1) is 0 Å². The Balaban J connectivity index is 1.38. The lowest BCUT2D eigenvalue weighted by atomic mass is 9.96. The molecule has 3 saturated heterocycles. The maximum absolute atomic E-state index is 16.4. The van der Waals surface area contributed by atoms with E-state index < -0.39 is 11.6 Å². The highest BCUT2D eigenvalue weighted by atomic mass is 35.5. The lowest BCUT2D eigenvalue weighted by Crippen LogP contribution is -2.61. The molecule has 0 amide bonds. The second kappa shape index (κ2) is 9.11. The largest absolute Gasteiger partial charge is 0.462 e. The Hall–Kier alpha value is -2.86. The summed E-state index contributed by atoms with van der Waals surface area (Å²) < 4.78 is 37.3. The number of ether oxygens (including phenoxy) is 1. The van der Waals surface area contributed by atoms with Crippen molar-refractivity contribution < 1.29 is 13.5 Å². The molecule has 3 aliphatic rings. The van der Waals surface area contributed by atoms with Crippen LogP contribution < -0.4 is 20.7 Å². The van der Waals surface area contributed by atoms with E-state index in [0.717, 1.165) is 50.2 Å². The first-order chi connectivity index (χ1) is 18.4. The Morgan fingerprint density at radius 2 is 2.08 bits per heavy atom. The van der Waals surface area contributed by atoms with E-state index in [1.165, 1.54) is 12.1 Å². The fourth-order valence-corrected chi connectivity index (χ4v) is 7.07. The van der Waals surface area contributed by atoms with Gasteiger partial charge in [-0.2, -0.15) is 9.97 Å². The Morgan fingerprint density at radius 3 is 2.87 bits per heavy atom. The molecule has 0 spiro atoms. The minimum Gasteiger partial charge on any atom is -0.462 e. The number of benzene rings is 2. The van der Waals surface area contributed by atoms with E-state index in [4.69, 9.17) is 27.1 Å². The van der Waals surface area contributed by atoms with Gasteiger partial charge in [-0.3, -0.25) is 0 Å². The number of anilines is 2. The molecule has 0 saturated carbocycles. The number of hydrogen-bond donors (Lipinski definition) is 2. The molecule has 3 N–H and O–H groups in total. The van der Waals surface area contributed by atoms with Gasteiger partial charge in [0.05, 0.1) is 15.2 Å². The smallest absolute Gasteiger partial charge is 0.319 e. The van der Waals surface area contributed by atoms with Crippen LogP contribution in [0.2, 0.25) is 5.02 Å². The predicted molar refractivity (Wildman–Crippen MR) is 146 cm³/mol. The summed E-state index contributed by atoms with van der Waals surface area (Å²) in [6.45, 7) is 3.14. The number of nitrogens with two attached hydrogens (primary N) is 1. The minimum atomic E-state index is -0.625. The van der Waals surface area contributed by atoms with Crippen LogP contribution in [0.1, 0.15) is 19.3 Å². The van der Waals surface area contributed by atoms with Crippen LogP contribution >= 0.6 is 22.9 Å². The normalized spacial score (nSPS) is 23.4. The van der Waals surface area contributed by atoms with E-state index in [0.29, 0.717) is 29.4 Å². The van der Waals surface area contributed by atoms with Crippen LogP contribution in [0.5, 0.6) is 6.01 Å². The average Bonchev–Trinajstić information content (AvgIpc) is 3.58. The van der Waals surface area contributed by atoms with Crippen molar-refractivity contribution in [1.29, 1.82) is 0 Å². The zero-order valence-electron chi connectivity index (χ0n) is 20.7. The Bertz CT molecular complexity index is 1580. The van der Waals surface area contributed by atoms with Crippen molar-refractivity contribution in [2.45, 2.75) is 37.4 Å². The highest BCUT2D eigenvalue weighted by Crippen LogP contribution is 2.44. The molecule has 2 aromatic heterocycles. The van der Waals surface area contributed by atoms with Gasteiger partial charge >= 0.3 is 6.01 Å². The van der Waals surface area contributed by atoms with Gasteiger partial charge in [-0.05, 0) is 57.6 Å². The highest BCUT2D eigenvalue weighted by Gasteiger charge is 2.43. The summed E-state index contributed by atoms with van der Waals surface area (Å²) in [4.78, 5) is 18.0. The average molecular weight is 558 g/mol. The summed E-state index contributed by atoms with van der Waals surface area (Å²) in [5.74, 6) is -0.478. The van der Waals surface area contributed by atoms with E-state index in [-0.39, 0.29) is 49.5 Å². The van der Waals surface area contributed by atoms with Gasteiger partial charge in [-0.1, -0.05) is 22.9 Å². The highest BCUT2D eigenvalue weighted by molar-refractivity contribution is 7.22. The number of rotatable bonds is 5. The van der Waals surface area contributed by atoms with Crippen molar-refractivity contribution in [2.24, 2.45) is 0 Å². The Labute approximate surface area is 226 Å². The van der Waals surface area contributed by atoms with Gasteiger partial charge in [0.2, 0.25) is 0 Å². The predicted octanol–water partition coefficient (Wildman–Crippen LogP) is 4.44. The molecule has 8 nitrogen and oxygen atoms in total. The van der Waals surface area contributed by atoms with Gasteiger partial charge < -0.3 is 25.6 Å². The van der Waals surface area contributed by atoms with Gasteiger partial charge in [0.15, 0.2) is 10.9 Å². The number of likely N-dealkylation sites (N-methyl/N-ethyl adjacent to an activating group) is 1. The summed E-state index contributed by atoms with van der Waals surface area (Å²) >= 11 is 7.74. The molecule has 12 heteroatoms. The van der Waals surface area contributed by atoms with Gasteiger partial charge in [0, 0.05) is 41.2 Å². The number of fused-ring (bicyclic) bond motifs is 3. The van der Waals surface area contributed by atoms with Crippen LogP contribution in [-0.2, 0) is 0 Å². The van der Waals surface area contributed by atoms with E-state index in [2.05, 4.69) is 32.1 Å². The number of likely N-dealkylation sites (tertiary alicyclic amines) is 1. The number of hydrogen-bond acceptors (Lipinski definition) is 9. The number of aromatic nitrogens is 3. The summed E-state index contributed by atoms with van der Waals surface area (Å²) in [6.07, 6.45) is 3.12. The third kappa shape index (κ3) is 3.78. The van der Waals surface area contributed by atoms with E-state index in [1.807, 2.05) is 0 Å². The second-order valence-corrected chi connectivity index (χ2v) is 11.7. The zero-order chi connectivity index (χ0) is 26.1. The standard InChI is InChI=1S/C26H26ClF2N7OS/c1-35-8-2-3-12(35)11-37-26-33-21-14(24(34-26)36-10-17-18(36)6-7-31-17)9-15(27)19(20(21)29)13-4-5-16(28)23-22(13)32-25(30)38-23/h4-5,9,12,17-18,31H,2-3,6-8,10-11H2,1H3,(H2,30,32)/t12-,17+,18?/m0/s1. The van der Waals surface area contributed by atoms with Crippen LogP contribution in [0.25, 0.3) is 32.2 Å². The van der Waals surface area contributed by atoms with Crippen LogP contribution in [0.15, 0.2) is 18.2 Å². The Morgan fingerprint density at radius 1 is 1.21 bits per heavy atom. The molecule has 1 unspecified atom stereocenters. The summed E-state index contributed by atoms with van der Waals surface area (Å²) in [5.41, 5.74) is 6.71. The first-order valence-corrected chi connectivity index (χ1v) is 14.0. The fraction of sp³-hybridized carbons (Fsp3) is 0.423. The first kappa shape index (κ1) is 24.2. The molecule has 198 valence electrons. The monoisotopic (exact) mass is 557 g/mol. The number of nitrogens with one attached hydrogen (secondary N) is 1. The van der Waals surface area contributed by atoms with Crippen LogP contribution in [0.4, 0.5) is 19.7 Å². The van der Waals surface area contributed by atoms with E-state index in [1.54, 1.807) is 6.07 Å². The zero-order valence-corrected chi connectivity index (χ0v) is 22.3. The number of nitrogens with zero attached hydrogens (tertiary/aromatic N) is 5. The topological polar surface area (TPSA) is 92.4 Å². The van der Waals surface area contributed by atoms with Crippen molar-refractivity contribution in [2.75, 3.05) is 43.9 Å². The van der Waals surface area contributed by atoms with Crippen molar-refractivity contribution in [3.63, 3.8) is 0 Å². The summed E-state index contributed by atoms with van der Waals surface area (Å²) in [5, 5.41) is 4.37. The molecule has 7 rings (SSSR count). The van der Waals surface area contributed by atoms with Crippen LogP contribution in [0.3, 0.4) is 0 Å². The fourth-order valence-electron chi connectivity index (χ4n) is 6.01. The molecule has 3 aliphatic heterocycles. The molecule has 0 bridgehead atoms. The quantitative estimate of drug-likeness (QED) is 0.372. The summed E-state index contributed by atoms with van der Waals surface area (Å²) in [6, 6.07) is 5.51. The van der Waals surface area contributed by atoms with Crippen molar-refractivity contribution >= 4 is 55.0 Å². The minimum absolute atomic E-state index is 0.101. The number of nitrogen functional groups attached to an aromatic ring is 1. The van der Waals surface area contributed by atoms with Crippen molar-refractivity contribution in [3.05, 3.63) is 34.9 Å². The molecule has 3 fully saturated rings. The van der Waals surface area contributed by atoms with E-state index in [9.17, 15) is 4.39 Å². The molecule has 2 aromatic carbocycles. The molecule has 38 heavy (non-hydrogen) atoms. The van der Waals surface area contributed by atoms with Gasteiger partial charge in [0.1, 0.15) is 23.8 Å². The van der Waals surface area contributed by atoms with E-state index >= 15 is 4.39 Å². The van der Waals surface area contributed by atoms with Crippen molar-refractivity contribution in [3.8, 4) is 17.1 Å². The van der Waals surface area contributed by atoms with Crippen molar-refractivity contribution in [1.82, 2.24) is 25.2 Å². The van der Waals surface area contributed by atoms with Crippen LogP contribution in [-0.4, -0.2) is 71.3 Å².